The molecule has 0 aliphatic carbocycles. The number of methoxy groups -OCH3 is 1. The number of nitrogens with zero attached hydrogens (tertiary/aromatic N) is 4. The lowest BCUT2D eigenvalue weighted by atomic mass is 10.0. The van der Waals surface area contributed by atoms with E-state index in [9.17, 15) is 35.9 Å². The zero-order chi connectivity index (χ0) is 34.1. The molecule has 1 N–H and O–H groups in total. The molecule has 0 bridgehead atoms. The zero-order valence-electron chi connectivity index (χ0n) is 23.9. The molecule has 1 aliphatic rings. The number of nitrogens with one attached hydrogen (secondary N) is 1. The summed E-state index contributed by atoms with van der Waals surface area (Å²) in [5, 5.41) is 9.61. The smallest absolute Gasteiger partial charge is 0.416 e. The topological polar surface area (TPSA) is 119 Å². The zero-order valence-corrected chi connectivity index (χ0v) is 24.8. The van der Waals surface area contributed by atoms with Gasteiger partial charge in [0.25, 0.3) is 0 Å². The fourth-order valence-electron chi connectivity index (χ4n) is 4.42. The van der Waals surface area contributed by atoms with Crippen LogP contribution >= 0.6 is 11.8 Å². The quantitative estimate of drug-likeness (QED) is 0.197. The van der Waals surface area contributed by atoms with Crippen molar-refractivity contribution in [2.24, 2.45) is 4.99 Å². The number of urea groups is 1. The van der Waals surface area contributed by atoms with Crippen LogP contribution in [-0.4, -0.2) is 52.7 Å². The third-order valence-electron chi connectivity index (χ3n) is 6.42. The molecule has 1 atom stereocenters. The number of amides is 3. The van der Waals surface area contributed by atoms with E-state index in [0.29, 0.717) is 5.56 Å². The SMILES string of the molecule is COC(c1ccc(C)cc1N1C(=O)CSC1=NC(=O)Nc1ccc(-c2nnc(-c3ccc(OC(F)(F)F)cc3)o2)cc1F)C(F)(F)F. The van der Waals surface area contributed by atoms with E-state index in [-0.39, 0.29) is 50.8 Å². The van der Waals surface area contributed by atoms with Crippen molar-refractivity contribution in [1.29, 1.82) is 0 Å². The van der Waals surface area contributed by atoms with Crippen LogP contribution in [0.25, 0.3) is 22.9 Å². The van der Waals surface area contributed by atoms with E-state index < -0.39 is 42.1 Å². The summed E-state index contributed by atoms with van der Waals surface area (Å²) in [4.78, 5) is 30.3. The molecule has 47 heavy (non-hydrogen) atoms. The van der Waals surface area contributed by atoms with Gasteiger partial charge in [-0.15, -0.1) is 23.4 Å². The van der Waals surface area contributed by atoms with Crippen LogP contribution in [0.4, 0.5) is 46.9 Å². The van der Waals surface area contributed by atoms with Gasteiger partial charge in [-0.2, -0.15) is 18.2 Å². The van der Waals surface area contributed by atoms with Crippen LogP contribution in [0.2, 0.25) is 0 Å². The highest BCUT2D eigenvalue weighted by atomic mass is 32.2. The average molecular weight is 684 g/mol. The van der Waals surface area contributed by atoms with Gasteiger partial charge in [0, 0.05) is 23.8 Å². The first-order chi connectivity index (χ1) is 22.1. The van der Waals surface area contributed by atoms with Crippen LogP contribution in [0.3, 0.4) is 0 Å². The summed E-state index contributed by atoms with van der Waals surface area (Å²) in [6.45, 7) is 1.61. The number of carbonyl (C=O) groups excluding carboxylic acids is 2. The van der Waals surface area contributed by atoms with Gasteiger partial charge < -0.3 is 19.2 Å². The lowest BCUT2D eigenvalue weighted by Gasteiger charge is -2.26. The van der Waals surface area contributed by atoms with Crippen molar-refractivity contribution < 1.29 is 54.2 Å². The molecule has 3 aromatic carbocycles. The fraction of sp³-hybridized carbons (Fsp3) is 0.207. The van der Waals surface area contributed by atoms with E-state index in [0.717, 1.165) is 48.0 Å². The Balaban J connectivity index is 1.33. The Morgan fingerprint density at radius 3 is 2.28 bits per heavy atom. The maximum absolute atomic E-state index is 15.0. The average Bonchev–Trinajstić information content (AvgIpc) is 3.61. The summed E-state index contributed by atoms with van der Waals surface area (Å²) in [5.41, 5.74) is 0.00151. The van der Waals surface area contributed by atoms with Crippen molar-refractivity contribution in [1.82, 2.24) is 10.2 Å². The molecule has 1 unspecified atom stereocenters. The van der Waals surface area contributed by atoms with E-state index in [4.69, 9.17) is 4.42 Å². The van der Waals surface area contributed by atoms with Gasteiger partial charge in [-0.25, -0.2) is 9.18 Å². The van der Waals surface area contributed by atoms with E-state index in [1.165, 1.54) is 36.4 Å². The van der Waals surface area contributed by atoms with Crippen molar-refractivity contribution in [3.63, 3.8) is 0 Å². The first-order valence-corrected chi connectivity index (χ1v) is 14.2. The van der Waals surface area contributed by atoms with Crippen LogP contribution < -0.4 is 15.0 Å². The van der Waals surface area contributed by atoms with Gasteiger partial charge in [0.05, 0.1) is 17.1 Å². The highest BCUT2D eigenvalue weighted by Crippen LogP contribution is 2.42. The molecular formula is C29H20F7N5O5S. The third kappa shape index (κ3) is 7.71. The van der Waals surface area contributed by atoms with Gasteiger partial charge in [-0.3, -0.25) is 9.69 Å². The predicted molar refractivity (Wildman–Crippen MR) is 155 cm³/mol. The monoisotopic (exact) mass is 683 g/mol. The molecule has 0 spiro atoms. The second-order valence-electron chi connectivity index (χ2n) is 9.74. The highest BCUT2D eigenvalue weighted by Gasteiger charge is 2.44. The fourth-order valence-corrected chi connectivity index (χ4v) is 5.28. The lowest BCUT2D eigenvalue weighted by molar-refractivity contribution is -0.274. The predicted octanol–water partition coefficient (Wildman–Crippen LogP) is 7.67. The summed E-state index contributed by atoms with van der Waals surface area (Å²) in [7, 11) is 0.876. The third-order valence-corrected chi connectivity index (χ3v) is 7.35. The van der Waals surface area contributed by atoms with Crippen molar-refractivity contribution >= 4 is 40.2 Å². The van der Waals surface area contributed by atoms with Crippen molar-refractivity contribution in [3.8, 4) is 28.7 Å². The molecule has 18 heteroatoms. The number of hydrogen-bond donors (Lipinski definition) is 1. The largest absolute Gasteiger partial charge is 0.573 e. The number of anilines is 2. The number of benzene rings is 3. The van der Waals surface area contributed by atoms with Gasteiger partial charge in [-0.05, 0) is 61.0 Å². The Labute approximate surface area is 264 Å². The normalized spacial score (nSPS) is 15.3. The van der Waals surface area contributed by atoms with Crippen molar-refractivity contribution in [2.45, 2.75) is 25.6 Å². The Morgan fingerprint density at radius 1 is 1.00 bits per heavy atom. The number of carbonyl (C=O) groups is 2. The Bertz CT molecular complexity index is 1840. The maximum atomic E-state index is 15.0. The highest BCUT2D eigenvalue weighted by molar-refractivity contribution is 8.15. The Kier molecular flexibility index (Phi) is 9.26. The number of thioether (sulfide) groups is 1. The van der Waals surface area contributed by atoms with Gasteiger partial charge in [0.2, 0.25) is 17.7 Å². The molecular weight excluding hydrogens is 663 g/mol. The molecule has 4 aromatic rings. The first-order valence-electron chi connectivity index (χ1n) is 13.2. The maximum Gasteiger partial charge on any atom is 0.573 e. The number of aliphatic imine (C=N–C) groups is 1. The number of halogens is 7. The molecule has 1 aliphatic heterocycles. The van der Waals surface area contributed by atoms with E-state index >= 15 is 4.39 Å². The van der Waals surface area contributed by atoms with Gasteiger partial charge in [0.1, 0.15) is 11.6 Å². The minimum atomic E-state index is -4.87. The molecule has 5 rings (SSSR count). The molecule has 1 fully saturated rings. The second kappa shape index (κ2) is 13.0. The lowest BCUT2D eigenvalue weighted by Crippen LogP contribution is -2.33. The van der Waals surface area contributed by atoms with Crippen LogP contribution in [-0.2, 0) is 9.53 Å². The number of rotatable bonds is 7. The number of ether oxygens (including phenoxy) is 2. The van der Waals surface area contributed by atoms with Gasteiger partial charge in [-0.1, -0.05) is 23.9 Å². The summed E-state index contributed by atoms with van der Waals surface area (Å²) in [6.07, 6.45) is -12.0. The Morgan fingerprint density at radius 2 is 1.66 bits per heavy atom. The van der Waals surface area contributed by atoms with Crippen LogP contribution in [0.5, 0.6) is 5.75 Å². The number of hydrogen-bond acceptors (Lipinski definition) is 8. The minimum Gasteiger partial charge on any atom is -0.416 e. The number of alkyl halides is 6. The number of aromatic nitrogens is 2. The van der Waals surface area contributed by atoms with Gasteiger partial charge in [0.15, 0.2) is 11.3 Å². The molecule has 246 valence electrons. The molecule has 10 nitrogen and oxygen atoms in total. The molecule has 1 aromatic heterocycles. The second-order valence-corrected chi connectivity index (χ2v) is 10.7. The summed E-state index contributed by atoms with van der Waals surface area (Å²) in [6, 6.07) is 10.9. The minimum absolute atomic E-state index is 0.0795. The van der Waals surface area contributed by atoms with E-state index in [1.54, 1.807) is 6.92 Å². The van der Waals surface area contributed by atoms with Gasteiger partial charge >= 0.3 is 18.6 Å². The van der Waals surface area contributed by atoms with Crippen LogP contribution in [0.1, 0.15) is 17.2 Å². The number of aryl methyl sites for hydroxylation is 1. The van der Waals surface area contributed by atoms with Crippen LogP contribution in [0, 0.1) is 12.7 Å². The molecule has 0 saturated carbocycles. The Hall–Kier alpha value is -4.97. The van der Waals surface area contributed by atoms with E-state index in [2.05, 4.69) is 30.0 Å². The molecule has 3 amide bonds. The standard InChI is InChI=1S/C29H20F7N5O5S/c1-14-3-9-18(23(44-2)28(31,32)33)21(11-14)41-22(42)13-47-27(41)38-26(43)37-20-10-6-16(12-19(20)30)25-40-39-24(45-25)15-4-7-17(8-5-15)46-29(34,35)36/h3-12,23H,13H2,1-2H3,(H,37,43). The molecule has 0 radical (unpaired) electrons. The van der Waals surface area contributed by atoms with Crippen molar-refractivity contribution in [3.05, 3.63) is 77.6 Å². The van der Waals surface area contributed by atoms with E-state index in [1.807, 2.05) is 0 Å². The molecule has 1 saturated heterocycles. The molecule has 2 heterocycles. The van der Waals surface area contributed by atoms with Crippen molar-refractivity contribution in [2.75, 3.05) is 23.1 Å². The number of amidine groups is 1. The van der Waals surface area contributed by atoms with Crippen LogP contribution in [0.15, 0.2) is 70.1 Å². The summed E-state index contributed by atoms with van der Waals surface area (Å²) < 4.78 is 107. The summed E-state index contributed by atoms with van der Waals surface area (Å²) in [5.74, 6) is -2.49. The first kappa shape index (κ1) is 33.4. The summed E-state index contributed by atoms with van der Waals surface area (Å²) >= 11 is 0.806.